The van der Waals surface area contributed by atoms with Crippen molar-refractivity contribution in [3.8, 4) is 0 Å². The summed E-state index contributed by atoms with van der Waals surface area (Å²) in [5.74, 6) is 0.186. The van der Waals surface area contributed by atoms with Gasteiger partial charge in [-0.25, -0.2) is 15.1 Å². The van der Waals surface area contributed by atoms with E-state index in [9.17, 15) is 22.8 Å². The number of halogens is 4. The molecule has 1 fully saturated rings. The summed E-state index contributed by atoms with van der Waals surface area (Å²) in [4.78, 5) is 35.7. The molecule has 1 aromatic carbocycles. The first-order valence-corrected chi connectivity index (χ1v) is 11.7. The van der Waals surface area contributed by atoms with E-state index in [-0.39, 0.29) is 23.5 Å². The Bertz CT molecular complexity index is 1280. The van der Waals surface area contributed by atoms with E-state index in [0.29, 0.717) is 61.4 Å². The van der Waals surface area contributed by atoms with Crippen LogP contribution in [0.5, 0.6) is 0 Å². The average molecular weight is 525 g/mol. The first-order valence-electron chi connectivity index (χ1n) is 11.3. The summed E-state index contributed by atoms with van der Waals surface area (Å²) in [6.45, 7) is 3.89. The van der Waals surface area contributed by atoms with E-state index in [1.54, 1.807) is 28.1 Å². The predicted octanol–water partition coefficient (Wildman–Crippen LogP) is 3.59. The molecule has 1 amide bonds. The molecule has 36 heavy (non-hydrogen) atoms. The summed E-state index contributed by atoms with van der Waals surface area (Å²) < 4.78 is 44.0. The van der Waals surface area contributed by atoms with E-state index in [1.807, 2.05) is 6.92 Å². The predicted molar refractivity (Wildman–Crippen MR) is 127 cm³/mol. The molecule has 1 unspecified atom stereocenters. The van der Waals surface area contributed by atoms with Gasteiger partial charge in [0.05, 0.1) is 23.3 Å². The quantitative estimate of drug-likeness (QED) is 0.471. The molecule has 192 valence electrons. The molecule has 3 heterocycles. The molecule has 0 spiro atoms. The number of nitrogens with one attached hydrogen (secondary N) is 1. The molecule has 1 aliphatic heterocycles. The summed E-state index contributed by atoms with van der Waals surface area (Å²) in [5, 5.41) is 7.74. The van der Waals surface area contributed by atoms with Crippen molar-refractivity contribution in [3.63, 3.8) is 0 Å². The fraction of sp³-hybridized carbons (Fsp3) is 0.435. The van der Waals surface area contributed by atoms with Crippen LogP contribution in [-0.2, 0) is 15.7 Å². The summed E-state index contributed by atoms with van der Waals surface area (Å²) >= 11 is 6.17. The number of alkyl halides is 3. The molecule has 0 bridgehead atoms. The molecule has 0 saturated carbocycles. The van der Waals surface area contributed by atoms with Gasteiger partial charge in [-0.15, -0.1) is 0 Å². The molecule has 1 N–H and O–H groups in total. The van der Waals surface area contributed by atoms with Crippen molar-refractivity contribution in [1.29, 1.82) is 0 Å². The van der Waals surface area contributed by atoms with Crippen LogP contribution in [0.1, 0.15) is 37.0 Å². The first-order chi connectivity index (χ1) is 17.1. The van der Waals surface area contributed by atoms with Crippen LogP contribution in [0.3, 0.4) is 0 Å². The Balaban J connectivity index is 1.24. The fourth-order valence-electron chi connectivity index (χ4n) is 4.04. The number of ether oxygens (including phenoxy) is 1. The Labute approximate surface area is 209 Å². The highest BCUT2D eigenvalue weighted by Crippen LogP contribution is 2.29. The van der Waals surface area contributed by atoms with E-state index in [1.165, 1.54) is 0 Å². The zero-order chi connectivity index (χ0) is 25.9. The number of aromatic nitrogens is 4. The van der Waals surface area contributed by atoms with Crippen molar-refractivity contribution >= 4 is 34.2 Å². The Morgan fingerprint density at radius 3 is 2.50 bits per heavy atom. The number of hydrogen-bond acceptors (Lipinski definition) is 7. The number of carbonyl (C=O) groups excluding carboxylic acids is 1. The van der Waals surface area contributed by atoms with Gasteiger partial charge in [0, 0.05) is 62.0 Å². The van der Waals surface area contributed by atoms with Crippen LogP contribution >= 0.6 is 11.6 Å². The van der Waals surface area contributed by atoms with Gasteiger partial charge < -0.3 is 14.5 Å². The smallest absolute Gasteiger partial charge is 0.374 e. The topological polar surface area (TPSA) is 104 Å². The number of fused-ring (bicyclic) bond motifs is 1. The molecule has 4 rings (SSSR count). The lowest BCUT2D eigenvalue weighted by Crippen LogP contribution is -2.49. The fourth-order valence-corrected chi connectivity index (χ4v) is 4.27. The summed E-state index contributed by atoms with van der Waals surface area (Å²) in [7, 11) is 0. The van der Waals surface area contributed by atoms with Gasteiger partial charge >= 0.3 is 6.18 Å². The minimum Gasteiger partial charge on any atom is -0.374 e. The van der Waals surface area contributed by atoms with E-state index >= 15 is 0 Å². The molecular weight excluding hydrogens is 501 g/mol. The summed E-state index contributed by atoms with van der Waals surface area (Å²) in [6, 6.07) is 3.32. The third-order valence-electron chi connectivity index (χ3n) is 6.00. The number of aromatic amines is 1. The highest BCUT2D eigenvalue weighted by atomic mass is 35.5. The Morgan fingerprint density at radius 1 is 1.14 bits per heavy atom. The molecule has 1 atom stereocenters. The van der Waals surface area contributed by atoms with E-state index in [2.05, 4.69) is 20.2 Å². The normalized spacial score (nSPS) is 15.4. The van der Waals surface area contributed by atoms with Crippen LogP contribution in [0.4, 0.5) is 19.1 Å². The molecule has 1 saturated heterocycles. The van der Waals surface area contributed by atoms with E-state index < -0.39 is 11.7 Å². The molecule has 13 heteroatoms. The van der Waals surface area contributed by atoms with Crippen LogP contribution in [0.2, 0.25) is 5.02 Å². The maximum Gasteiger partial charge on any atom is 0.419 e. The third kappa shape index (κ3) is 5.93. The number of anilines is 1. The van der Waals surface area contributed by atoms with Crippen molar-refractivity contribution < 1.29 is 22.7 Å². The van der Waals surface area contributed by atoms with Gasteiger partial charge in [-0.2, -0.15) is 18.3 Å². The second-order valence-corrected chi connectivity index (χ2v) is 8.85. The largest absolute Gasteiger partial charge is 0.419 e. The lowest BCUT2D eigenvalue weighted by molar-refractivity contribution is -0.138. The maximum atomic E-state index is 12.7. The van der Waals surface area contributed by atoms with E-state index in [4.69, 9.17) is 16.3 Å². The van der Waals surface area contributed by atoms with Crippen molar-refractivity contribution in [2.45, 2.75) is 32.0 Å². The van der Waals surface area contributed by atoms with Crippen molar-refractivity contribution in [1.82, 2.24) is 25.1 Å². The van der Waals surface area contributed by atoms with Crippen LogP contribution in [-0.4, -0.2) is 63.8 Å². The maximum absolute atomic E-state index is 12.7. The lowest BCUT2D eigenvalue weighted by atomic mass is 10.0. The Kier molecular flexibility index (Phi) is 7.74. The molecular formula is C23H24ClF3N6O3. The number of piperazine rings is 1. The SMILES string of the molecule is CC(OCCCC(=O)N1CCN(c2ncc(C(F)(F)F)cn2)CC1)c1cc(Cl)cc2c(=O)[nH]ncc12. The minimum atomic E-state index is -4.48. The van der Waals surface area contributed by atoms with Crippen molar-refractivity contribution in [3.05, 3.63) is 57.2 Å². The Morgan fingerprint density at radius 2 is 1.83 bits per heavy atom. The van der Waals surface area contributed by atoms with Crippen molar-refractivity contribution in [2.24, 2.45) is 0 Å². The third-order valence-corrected chi connectivity index (χ3v) is 6.22. The highest BCUT2D eigenvalue weighted by molar-refractivity contribution is 6.31. The number of benzene rings is 1. The van der Waals surface area contributed by atoms with Gasteiger partial charge in [0.2, 0.25) is 11.9 Å². The molecule has 9 nitrogen and oxygen atoms in total. The molecule has 0 aliphatic carbocycles. The van der Waals surface area contributed by atoms with Gasteiger partial charge in [0.15, 0.2) is 0 Å². The first kappa shape index (κ1) is 25.8. The van der Waals surface area contributed by atoms with Crippen LogP contribution in [0, 0.1) is 0 Å². The van der Waals surface area contributed by atoms with Crippen molar-refractivity contribution in [2.75, 3.05) is 37.7 Å². The summed E-state index contributed by atoms with van der Waals surface area (Å²) in [5.41, 5.74) is -0.492. The Hall–Kier alpha value is -3.25. The van der Waals surface area contributed by atoms with Gasteiger partial charge in [-0.3, -0.25) is 9.59 Å². The zero-order valence-electron chi connectivity index (χ0n) is 19.4. The molecule has 0 radical (unpaired) electrons. The number of H-pyrrole nitrogens is 1. The van der Waals surface area contributed by atoms with Crippen LogP contribution in [0.25, 0.3) is 10.8 Å². The molecule has 1 aliphatic rings. The monoisotopic (exact) mass is 524 g/mol. The standard InChI is InChI=1S/C23H24ClF3N6O3/c1-14(17-9-16(24)10-18-19(17)13-30-31-21(18)35)36-8-2-3-20(34)32-4-6-33(7-5-32)22-28-11-15(12-29-22)23(25,26)27/h9-14H,2-8H2,1H3,(H,31,35). The van der Waals surface area contributed by atoms with Crippen LogP contribution < -0.4 is 10.5 Å². The molecule has 3 aromatic rings. The van der Waals surface area contributed by atoms with Gasteiger partial charge in [-0.05, 0) is 31.0 Å². The minimum absolute atomic E-state index is 0.0248. The number of nitrogens with zero attached hydrogens (tertiary/aromatic N) is 5. The number of hydrogen-bond donors (Lipinski definition) is 1. The number of amides is 1. The lowest BCUT2D eigenvalue weighted by Gasteiger charge is -2.34. The zero-order valence-corrected chi connectivity index (χ0v) is 20.1. The number of carbonyl (C=O) groups is 1. The number of rotatable bonds is 7. The van der Waals surface area contributed by atoms with Gasteiger partial charge in [-0.1, -0.05) is 11.6 Å². The second-order valence-electron chi connectivity index (χ2n) is 8.41. The summed E-state index contributed by atoms with van der Waals surface area (Å²) in [6.07, 6.45) is -0.963. The van der Waals surface area contributed by atoms with Crippen LogP contribution in [0.15, 0.2) is 35.5 Å². The van der Waals surface area contributed by atoms with Gasteiger partial charge in [0.25, 0.3) is 5.56 Å². The molecule has 2 aromatic heterocycles. The highest BCUT2D eigenvalue weighted by Gasteiger charge is 2.32. The average Bonchev–Trinajstić information content (AvgIpc) is 2.86. The second kappa shape index (κ2) is 10.8. The van der Waals surface area contributed by atoms with Gasteiger partial charge in [0.1, 0.15) is 0 Å². The van der Waals surface area contributed by atoms with E-state index in [0.717, 1.165) is 18.0 Å².